The highest BCUT2D eigenvalue weighted by molar-refractivity contribution is 6.07. The van der Waals surface area contributed by atoms with E-state index in [4.69, 9.17) is 15.0 Å². The number of carbonyl (C=O) groups excluding carboxylic acids is 3. The van der Waals surface area contributed by atoms with E-state index in [-0.39, 0.29) is 29.7 Å². The normalized spacial score (nSPS) is 21.7. The summed E-state index contributed by atoms with van der Waals surface area (Å²) in [5.41, 5.74) is 5.37. The lowest BCUT2D eigenvalue weighted by atomic mass is 9.53. The van der Waals surface area contributed by atoms with Crippen molar-refractivity contribution < 1.29 is 32.7 Å². The van der Waals surface area contributed by atoms with E-state index in [1.165, 1.54) is 0 Å². The highest BCUT2D eigenvalue weighted by atomic mass is 19.2. The molecule has 7 heterocycles. The molecule has 326 valence electrons. The lowest BCUT2D eigenvalue weighted by Crippen LogP contribution is -2.49. The third-order valence-corrected chi connectivity index (χ3v) is 13.9. The van der Waals surface area contributed by atoms with Crippen molar-refractivity contribution in [1.82, 2.24) is 44.5 Å². The molecular weight excluding hydrogens is 816 g/mol. The van der Waals surface area contributed by atoms with Gasteiger partial charge in [0.2, 0.25) is 17.7 Å². The average molecular weight is 862 g/mol. The second-order valence-corrected chi connectivity index (χ2v) is 17.5. The molecule has 0 radical (unpaired) electrons. The van der Waals surface area contributed by atoms with Gasteiger partial charge in [0.1, 0.15) is 5.65 Å². The number of nitrogens with one attached hydrogen (secondary N) is 2. The summed E-state index contributed by atoms with van der Waals surface area (Å²) in [4.78, 5) is 57.5. The van der Waals surface area contributed by atoms with Gasteiger partial charge in [-0.25, -0.2) is 33.0 Å². The van der Waals surface area contributed by atoms with Gasteiger partial charge in [-0.1, -0.05) is 6.07 Å². The first-order valence-corrected chi connectivity index (χ1v) is 21.5. The van der Waals surface area contributed by atoms with Crippen molar-refractivity contribution in [3.63, 3.8) is 0 Å². The lowest BCUT2D eigenvalue weighted by molar-refractivity contribution is -0.120. The highest BCUT2D eigenvalue weighted by Gasteiger charge is 2.50. The summed E-state index contributed by atoms with van der Waals surface area (Å²) < 4.78 is 45.9. The van der Waals surface area contributed by atoms with Gasteiger partial charge in [0.05, 0.1) is 28.7 Å². The van der Waals surface area contributed by atoms with Crippen molar-refractivity contribution in [3.8, 4) is 16.9 Å². The topological polar surface area (TPSA) is 166 Å². The predicted octanol–water partition coefficient (Wildman–Crippen LogP) is 5.79. The quantitative estimate of drug-likeness (QED) is 0.136. The van der Waals surface area contributed by atoms with Gasteiger partial charge >= 0.3 is 6.03 Å². The summed E-state index contributed by atoms with van der Waals surface area (Å²) >= 11 is 0. The molecule has 2 bridgehead atoms. The summed E-state index contributed by atoms with van der Waals surface area (Å²) in [6, 6.07) is 8.26. The SMILES string of the molecule is O=C1CCN(c2cnn3cc(CCCN4CCN(c5ncc(-c6ccn7cc([C@]89CC[C@](CNC(=O)c%10cc(F)c(O)c(F)c%10F)(CC8)CC9)nc7c6)cn5)CC4)ccc23)C(=O)N1. The van der Waals surface area contributed by atoms with Crippen molar-refractivity contribution in [2.75, 3.05) is 55.6 Å². The molecule has 2 saturated heterocycles. The van der Waals surface area contributed by atoms with E-state index in [2.05, 4.69) is 43.9 Å². The molecule has 11 rings (SSSR count). The zero-order chi connectivity index (χ0) is 43.5. The first kappa shape index (κ1) is 40.5. The average Bonchev–Trinajstić information content (AvgIpc) is 3.94. The van der Waals surface area contributed by atoms with E-state index < -0.39 is 40.7 Å². The van der Waals surface area contributed by atoms with Gasteiger partial charge in [-0.3, -0.25) is 24.7 Å². The van der Waals surface area contributed by atoms with Gasteiger partial charge in [0.25, 0.3) is 5.91 Å². The molecule has 5 aliphatic rings. The zero-order valence-electron chi connectivity index (χ0n) is 34.5. The molecule has 4 amide bonds. The van der Waals surface area contributed by atoms with Gasteiger partial charge in [-0.15, -0.1) is 0 Å². The number of rotatable bonds is 11. The minimum absolute atomic E-state index is 0.0938. The number of phenolic OH excluding ortho intramolecular Hbond substituents is 1. The largest absolute Gasteiger partial charge is 0.503 e. The molecule has 3 saturated carbocycles. The number of aryl methyl sites for hydroxylation is 1. The minimum atomic E-state index is -1.78. The van der Waals surface area contributed by atoms with Crippen LogP contribution in [0.3, 0.4) is 0 Å². The van der Waals surface area contributed by atoms with Crippen LogP contribution >= 0.6 is 0 Å². The number of halogens is 3. The number of hydrogen-bond donors (Lipinski definition) is 3. The number of aromatic nitrogens is 6. The number of urea groups is 1. The Morgan fingerprint density at radius 2 is 1.63 bits per heavy atom. The fourth-order valence-corrected chi connectivity index (χ4v) is 9.92. The van der Waals surface area contributed by atoms with Crippen LogP contribution in [0.25, 0.3) is 22.3 Å². The first-order chi connectivity index (χ1) is 30.5. The van der Waals surface area contributed by atoms with Crippen molar-refractivity contribution >= 4 is 40.6 Å². The van der Waals surface area contributed by atoms with E-state index in [1.807, 2.05) is 41.3 Å². The number of nitrogens with zero attached hydrogens (tertiary/aromatic N) is 9. The number of imide groups is 1. The number of phenols is 1. The number of aromatic hydroxyl groups is 1. The van der Waals surface area contributed by atoms with Crippen LogP contribution in [0, 0.1) is 22.9 Å². The van der Waals surface area contributed by atoms with E-state index in [0.717, 1.165) is 118 Å². The number of carbonyl (C=O) groups is 3. The fraction of sp³-hybridized carbons (Fsp3) is 0.400. The Morgan fingerprint density at radius 1 is 0.873 bits per heavy atom. The maximum atomic E-state index is 14.3. The van der Waals surface area contributed by atoms with Crippen LogP contribution < -0.4 is 20.4 Å². The molecule has 15 nitrogen and oxygen atoms in total. The molecule has 5 fully saturated rings. The second-order valence-electron chi connectivity index (χ2n) is 17.5. The Morgan fingerprint density at radius 3 is 2.38 bits per heavy atom. The monoisotopic (exact) mass is 861 g/mol. The smallest absolute Gasteiger partial charge is 0.328 e. The molecule has 2 aliphatic heterocycles. The van der Waals surface area contributed by atoms with Crippen LogP contribution in [0.4, 0.5) is 29.6 Å². The lowest BCUT2D eigenvalue weighted by Gasteiger charge is -2.53. The first-order valence-electron chi connectivity index (χ1n) is 21.5. The van der Waals surface area contributed by atoms with Crippen LogP contribution in [0.1, 0.15) is 73.0 Å². The van der Waals surface area contributed by atoms with Crippen LogP contribution in [-0.2, 0) is 16.6 Å². The van der Waals surface area contributed by atoms with Gasteiger partial charge in [0.15, 0.2) is 17.4 Å². The molecule has 0 spiro atoms. The van der Waals surface area contributed by atoms with Crippen LogP contribution in [-0.4, -0.2) is 103 Å². The number of amides is 4. The maximum Gasteiger partial charge on any atom is 0.328 e. The van der Waals surface area contributed by atoms with Crippen molar-refractivity contribution in [2.45, 2.75) is 63.2 Å². The maximum absolute atomic E-state index is 14.3. The highest BCUT2D eigenvalue weighted by Crippen LogP contribution is 2.57. The van der Waals surface area contributed by atoms with E-state index in [9.17, 15) is 32.7 Å². The van der Waals surface area contributed by atoms with Crippen molar-refractivity contribution in [2.24, 2.45) is 5.41 Å². The van der Waals surface area contributed by atoms with Gasteiger partial charge in [-0.2, -0.15) is 9.49 Å². The Labute approximate surface area is 359 Å². The molecule has 63 heavy (non-hydrogen) atoms. The standard InChI is InChI=1S/C45H46F3N11O4/c46-32-21-31(38(47)39(48)40(32)61)41(62)51-27-44-7-10-45(11-8-44,12-9-44)35-26-57-14-5-29(20-36(57)53-35)30-22-49-42(50-23-30)56-18-16-55(17-19-56)13-1-2-28-3-4-33-34(24-52-59(33)25-28)58-15-6-37(60)54-43(58)63/h3-5,14,20-26,61H,1-2,6-13,15-19,27H2,(H,51,62)(H,54,60,63)/t44-,45+. The number of hydrogen-bond acceptors (Lipinski definition) is 10. The molecular formula is C45H46F3N11O4. The summed E-state index contributed by atoms with van der Waals surface area (Å²) in [7, 11) is 0. The summed E-state index contributed by atoms with van der Waals surface area (Å²) in [6.45, 7) is 5.07. The second kappa shape index (κ2) is 16.0. The van der Waals surface area contributed by atoms with E-state index >= 15 is 0 Å². The van der Waals surface area contributed by atoms with Gasteiger partial charge < -0.3 is 19.7 Å². The van der Waals surface area contributed by atoms with Gasteiger partial charge in [-0.05, 0) is 98.7 Å². The van der Waals surface area contributed by atoms with E-state index in [1.54, 1.807) is 15.6 Å². The van der Waals surface area contributed by atoms with E-state index in [0.29, 0.717) is 24.2 Å². The summed E-state index contributed by atoms with van der Waals surface area (Å²) in [6.07, 6.45) is 18.8. The molecule has 0 atom stereocenters. The van der Waals surface area contributed by atoms with Crippen LogP contribution in [0.5, 0.6) is 5.75 Å². The van der Waals surface area contributed by atoms with Crippen molar-refractivity contribution in [1.29, 1.82) is 0 Å². The Balaban J connectivity index is 0.703. The molecule has 1 aromatic carbocycles. The Bertz CT molecular complexity index is 2740. The van der Waals surface area contributed by atoms with Gasteiger partial charge in [0, 0.05) is 87.7 Å². The predicted molar refractivity (Wildman–Crippen MR) is 226 cm³/mol. The summed E-state index contributed by atoms with van der Waals surface area (Å²) in [5, 5.41) is 18.9. The number of piperazine rings is 1. The number of fused-ring (bicyclic) bond motifs is 5. The molecule has 3 N–H and O–H groups in total. The number of benzene rings is 1. The van der Waals surface area contributed by atoms with Crippen LogP contribution in [0.15, 0.2) is 67.5 Å². The molecule has 3 aliphatic carbocycles. The molecule has 18 heteroatoms. The summed E-state index contributed by atoms with van der Waals surface area (Å²) in [5.74, 6) is -6.64. The Hall–Kier alpha value is -6.56. The molecule has 6 aromatic rings. The number of anilines is 2. The Kier molecular flexibility index (Phi) is 10.3. The number of pyridine rings is 2. The third-order valence-electron chi connectivity index (χ3n) is 13.9. The minimum Gasteiger partial charge on any atom is -0.503 e. The van der Waals surface area contributed by atoms with Crippen molar-refractivity contribution in [3.05, 3.63) is 102 Å². The fourth-order valence-electron chi connectivity index (χ4n) is 9.92. The zero-order valence-corrected chi connectivity index (χ0v) is 34.5. The molecule has 5 aromatic heterocycles. The third kappa shape index (κ3) is 7.59. The number of imidazole rings is 1. The molecule has 0 unspecified atom stereocenters. The van der Waals surface area contributed by atoms with Crippen LogP contribution in [0.2, 0.25) is 0 Å².